The lowest BCUT2D eigenvalue weighted by molar-refractivity contribution is 0.299. The maximum atomic E-state index is 6.04. The molecule has 0 unspecified atom stereocenters. The maximum absolute atomic E-state index is 6.04. The number of thiocarbonyl (C=S) groups is 1. The fourth-order valence-corrected chi connectivity index (χ4v) is 2.48. The Morgan fingerprint density at radius 2 is 1.78 bits per heavy atom. The van der Waals surface area contributed by atoms with Gasteiger partial charge in [-0.15, -0.1) is 0 Å². The van der Waals surface area contributed by atoms with Gasteiger partial charge in [0.25, 0.3) is 0 Å². The monoisotopic (exact) mass is 328 g/mol. The minimum absolute atomic E-state index is 0.473. The van der Waals surface area contributed by atoms with Crippen molar-refractivity contribution in [2.24, 2.45) is 0 Å². The smallest absolute Gasteiger partial charge is 0.167 e. The number of hydrogen-bond donors (Lipinski definition) is 0. The van der Waals surface area contributed by atoms with Crippen molar-refractivity contribution in [2.45, 2.75) is 47.1 Å². The lowest BCUT2D eigenvalue weighted by atomic mass is 10.1. The number of rotatable bonds is 6. The topological polar surface area (TPSA) is 18.5 Å². The summed E-state index contributed by atoms with van der Waals surface area (Å²) in [5, 5.41) is 0.598. The van der Waals surface area contributed by atoms with Crippen LogP contribution < -0.4 is 9.47 Å². The molecule has 0 radical (unpaired) electrons. The van der Waals surface area contributed by atoms with Gasteiger partial charge in [0.1, 0.15) is 18.1 Å². The summed E-state index contributed by atoms with van der Waals surface area (Å²) in [7, 11) is 0. The standard InChI is InChI=1S/C20H24O2S/c1-5-16-10-11-18(15(4)12-16)21-13-17-14(3)8-7-9-19(17)22-20(23)6-2/h7-12H,5-6,13H2,1-4H3. The average Bonchev–Trinajstić information content (AvgIpc) is 2.55. The quantitative estimate of drug-likeness (QED) is 0.647. The van der Waals surface area contributed by atoms with E-state index in [-0.39, 0.29) is 0 Å². The van der Waals surface area contributed by atoms with Crippen LogP contribution in [0.5, 0.6) is 11.5 Å². The van der Waals surface area contributed by atoms with Crippen molar-refractivity contribution in [1.29, 1.82) is 0 Å². The zero-order valence-corrected chi connectivity index (χ0v) is 15.1. The number of hydrogen-bond acceptors (Lipinski definition) is 3. The van der Waals surface area contributed by atoms with Crippen molar-refractivity contribution < 1.29 is 9.47 Å². The van der Waals surface area contributed by atoms with Crippen molar-refractivity contribution >= 4 is 17.3 Å². The van der Waals surface area contributed by atoms with Crippen LogP contribution in [0.3, 0.4) is 0 Å². The number of ether oxygens (including phenoxy) is 2. The molecule has 0 aliphatic carbocycles. The van der Waals surface area contributed by atoms with Gasteiger partial charge in [-0.25, -0.2) is 0 Å². The molecular formula is C20H24O2S. The largest absolute Gasteiger partial charge is 0.488 e. The highest BCUT2D eigenvalue weighted by Gasteiger charge is 2.10. The lowest BCUT2D eigenvalue weighted by Gasteiger charge is -2.15. The van der Waals surface area contributed by atoms with Crippen molar-refractivity contribution in [3.05, 3.63) is 58.7 Å². The van der Waals surface area contributed by atoms with Crippen LogP contribution in [-0.4, -0.2) is 5.05 Å². The van der Waals surface area contributed by atoms with Crippen LogP contribution in [0.1, 0.15) is 42.5 Å². The van der Waals surface area contributed by atoms with Gasteiger partial charge in [-0.3, -0.25) is 0 Å². The van der Waals surface area contributed by atoms with Gasteiger partial charge in [-0.05, 0) is 61.3 Å². The van der Waals surface area contributed by atoms with Gasteiger partial charge in [0.05, 0.1) is 0 Å². The van der Waals surface area contributed by atoms with Crippen LogP contribution >= 0.6 is 12.2 Å². The van der Waals surface area contributed by atoms with E-state index in [0.29, 0.717) is 11.7 Å². The van der Waals surface area contributed by atoms with Gasteiger partial charge in [0.2, 0.25) is 0 Å². The molecule has 0 aromatic heterocycles. The van der Waals surface area contributed by atoms with E-state index in [1.807, 2.05) is 25.1 Å². The Hall–Kier alpha value is -1.87. The first-order chi connectivity index (χ1) is 11.0. The summed E-state index contributed by atoms with van der Waals surface area (Å²) in [5.74, 6) is 1.70. The van der Waals surface area contributed by atoms with E-state index >= 15 is 0 Å². The van der Waals surface area contributed by atoms with E-state index in [0.717, 1.165) is 41.0 Å². The third-order valence-corrected chi connectivity index (χ3v) is 4.27. The van der Waals surface area contributed by atoms with Crippen LogP contribution in [0.4, 0.5) is 0 Å². The maximum Gasteiger partial charge on any atom is 0.167 e. The lowest BCUT2D eigenvalue weighted by Crippen LogP contribution is -2.08. The van der Waals surface area contributed by atoms with E-state index in [1.165, 1.54) is 5.56 Å². The third-order valence-electron chi connectivity index (χ3n) is 3.90. The normalized spacial score (nSPS) is 10.4. The van der Waals surface area contributed by atoms with Gasteiger partial charge in [0, 0.05) is 12.0 Å². The van der Waals surface area contributed by atoms with E-state index < -0.39 is 0 Å². The van der Waals surface area contributed by atoms with Crippen LogP contribution in [0, 0.1) is 13.8 Å². The first kappa shape index (κ1) is 17.5. The molecule has 2 rings (SSSR count). The van der Waals surface area contributed by atoms with E-state index in [2.05, 4.69) is 39.0 Å². The molecule has 2 nitrogen and oxygen atoms in total. The zero-order chi connectivity index (χ0) is 16.8. The average molecular weight is 328 g/mol. The predicted molar refractivity (Wildman–Crippen MR) is 99.6 cm³/mol. The predicted octanol–water partition coefficient (Wildman–Crippen LogP) is 5.56. The fourth-order valence-electron chi connectivity index (χ4n) is 2.39. The van der Waals surface area contributed by atoms with E-state index in [1.54, 1.807) is 0 Å². The van der Waals surface area contributed by atoms with Crippen molar-refractivity contribution in [1.82, 2.24) is 0 Å². The van der Waals surface area contributed by atoms with Gasteiger partial charge >= 0.3 is 0 Å². The van der Waals surface area contributed by atoms with Crippen molar-refractivity contribution in [3.63, 3.8) is 0 Å². The molecule has 0 bridgehead atoms. The molecule has 122 valence electrons. The molecule has 2 aromatic rings. The Kier molecular flexibility index (Phi) is 6.17. The SMILES string of the molecule is CCC(=S)Oc1cccc(C)c1COc1ccc(CC)cc1C. The van der Waals surface area contributed by atoms with Crippen molar-refractivity contribution in [3.8, 4) is 11.5 Å². The molecule has 0 aliphatic rings. The summed E-state index contributed by atoms with van der Waals surface area (Å²) in [6.45, 7) is 8.76. The van der Waals surface area contributed by atoms with Crippen LogP contribution in [0.2, 0.25) is 0 Å². The Bertz CT molecular complexity index is 692. The molecule has 0 aliphatic heterocycles. The summed E-state index contributed by atoms with van der Waals surface area (Å²) in [6.07, 6.45) is 1.76. The highest BCUT2D eigenvalue weighted by atomic mass is 32.1. The number of aryl methyl sites for hydroxylation is 3. The van der Waals surface area contributed by atoms with Gasteiger partial charge in [0.15, 0.2) is 5.05 Å². The molecule has 0 amide bonds. The molecule has 0 saturated heterocycles. The second-order valence-corrected chi connectivity index (χ2v) is 6.08. The Morgan fingerprint density at radius 3 is 2.43 bits per heavy atom. The Labute approximate surface area is 144 Å². The van der Waals surface area contributed by atoms with Gasteiger partial charge in [-0.2, -0.15) is 0 Å². The van der Waals surface area contributed by atoms with Crippen LogP contribution in [0.15, 0.2) is 36.4 Å². The van der Waals surface area contributed by atoms with Gasteiger partial charge in [-0.1, -0.05) is 38.1 Å². The molecule has 0 saturated carbocycles. The summed E-state index contributed by atoms with van der Waals surface area (Å²) >= 11 is 5.20. The molecule has 2 aromatic carbocycles. The molecule has 0 spiro atoms. The van der Waals surface area contributed by atoms with Crippen LogP contribution in [-0.2, 0) is 13.0 Å². The first-order valence-corrected chi connectivity index (χ1v) is 8.47. The molecule has 0 N–H and O–H groups in total. The summed E-state index contributed by atoms with van der Waals surface area (Å²) in [5.41, 5.74) is 4.67. The Morgan fingerprint density at radius 1 is 1.00 bits per heavy atom. The molecule has 0 fully saturated rings. The molecule has 3 heteroatoms. The zero-order valence-electron chi connectivity index (χ0n) is 14.3. The Balaban J connectivity index is 2.18. The third kappa shape index (κ3) is 4.55. The minimum Gasteiger partial charge on any atom is -0.488 e. The summed E-state index contributed by atoms with van der Waals surface area (Å²) in [6, 6.07) is 12.3. The molecule has 0 atom stereocenters. The van der Waals surface area contributed by atoms with E-state index in [9.17, 15) is 0 Å². The summed E-state index contributed by atoms with van der Waals surface area (Å²) in [4.78, 5) is 0. The van der Waals surface area contributed by atoms with Gasteiger partial charge < -0.3 is 9.47 Å². The first-order valence-electron chi connectivity index (χ1n) is 8.06. The van der Waals surface area contributed by atoms with Crippen molar-refractivity contribution in [2.75, 3.05) is 0 Å². The highest BCUT2D eigenvalue weighted by Crippen LogP contribution is 2.26. The number of benzene rings is 2. The van der Waals surface area contributed by atoms with E-state index in [4.69, 9.17) is 21.7 Å². The molecular weight excluding hydrogens is 304 g/mol. The summed E-state index contributed by atoms with van der Waals surface area (Å²) < 4.78 is 11.8. The molecule has 23 heavy (non-hydrogen) atoms. The molecule has 0 heterocycles. The highest BCUT2D eigenvalue weighted by molar-refractivity contribution is 7.80. The minimum atomic E-state index is 0.473. The second kappa shape index (κ2) is 8.11. The fraction of sp³-hybridized carbons (Fsp3) is 0.350. The second-order valence-electron chi connectivity index (χ2n) is 5.62. The van der Waals surface area contributed by atoms with Crippen LogP contribution in [0.25, 0.3) is 0 Å².